The molecule has 0 radical (unpaired) electrons. The van der Waals surface area contributed by atoms with Crippen molar-refractivity contribution in [2.75, 3.05) is 26.2 Å². The van der Waals surface area contributed by atoms with Crippen LogP contribution < -0.4 is 10.1 Å². The average molecular weight is 353 g/mol. The van der Waals surface area contributed by atoms with Gasteiger partial charge in [-0.15, -0.1) is 0 Å². The molecule has 1 aliphatic rings. The number of benzene rings is 1. The van der Waals surface area contributed by atoms with Gasteiger partial charge in [0.15, 0.2) is 6.10 Å². The van der Waals surface area contributed by atoms with Crippen molar-refractivity contribution in [1.29, 1.82) is 0 Å². The quantitative estimate of drug-likeness (QED) is 0.851. The molecule has 3 atom stereocenters. The van der Waals surface area contributed by atoms with Crippen molar-refractivity contribution in [1.82, 2.24) is 10.2 Å². The standard InChI is InChI=1S/C19H29ClN2O2/c1-13-5-6-17(20)18(10-13)24-16(4)19(23)21-7-8-22-11-14(2)9-15(3)12-22/h5-6,10,14-16H,7-9,11-12H2,1-4H3,(H,21,23). The lowest BCUT2D eigenvalue weighted by Crippen LogP contribution is -2.44. The molecule has 3 unspecified atom stereocenters. The van der Waals surface area contributed by atoms with Gasteiger partial charge in [-0.2, -0.15) is 0 Å². The van der Waals surface area contributed by atoms with Crippen molar-refractivity contribution in [3.05, 3.63) is 28.8 Å². The first-order valence-corrected chi connectivity index (χ1v) is 9.15. The van der Waals surface area contributed by atoms with E-state index in [4.69, 9.17) is 16.3 Å². The molecule has 1 aromatic carbocycles. The van der Waals surface area contributed by atoms with Gasteiger partial charge in [-0.3, -0.25) is 4.79 Å². The van der Waals surface area contributed by atoms with Gasteiger partial charge in [0.05, 0.1) is 5.02 Å². The summed E-state index contributed by atoms with van der Waals surface area (Å²) < 4.78 is 5.71. The highest BCUT2D eigenvalue weighted by Crippen LogP contribution is 2.26. The highest BCUT2D eigenvalue weighted by molar-refractivity contribution is 6.32. The van der Waals surface area contributed by atoms with Gasteiger partial charge in [0, 0.05) is 26.2 Å². The third-order valence-corrected chi connectivity index (χ3v) is 4.74. The van der Waals surface area contributed by atoms with Crippen LogP contribution in [-0.4, -0.2) is 43.1 Å². The number of likely N-dealkylation sites (tertiary alicyclic amines) is 1. The molecule has 1 fully saturated rings. The van der Waals surface area contributed by atoms with Gasteiger partial charge < -0.3 is 15.0 Å². The number of aryl methyl sites for hydroxylation is 1. The van der Waals surface area contributed by atoms with E-state index < -0.39 is 6.10 Å². The molecule has 1 aliphatic heterocycles. The smallest absolute Gasteiger partial charge is 0.260 e. The molecule has 1 heterocycles. The first-order chi connectivity index (χ1) is 11.3. The summed E-state index contributed by atoms with van der Waals surface area (Å²) in [6.45, 7) is 12.1. The number of rotatable bonds is 6. The minimum absolute atomic E-state index is 0.106. The number of hydrogen-bond acceptors (Lipinski definition) is 3. The summed E-state index contributed by atoms with van der Waals surface area (Å²) in [7, 11) is 0. The normalized spacial score (nSPS) is 22.9. The SMILES string of the molecule is Cc1ccc(Cl)c(OC(C)C(=O)NCCN2CC(C)CC(C)C2)c1. The highest BCUT2D eigenvalue weighted by atomic mass is 35.5. The van der Waals surface area contributed by atoms with Crippen LogP contribution in [0.15, 0.2) is 18.2 Å². The second-order valence-corrected chi connectivity index (χ2v) is 7.60. The third kappa shape index (κ3) is 5.67. The van der Waals surface area contributed by atoms with Crippen LogP contribution in [0.3, 0.4) is 0 Å². The van der Waals surface area contributed by atoms with E-state index in [-0.39, 0.29) is 5.91 Å². The molecule has 1 saturated heterocycles. The van der Waals surface area contributed by atoms with Crippen LogP contribution >= 0.6 is 11.6 Å². The summed E-state index contributed by atoms with van der Waals surface area (Å²) in [5.74, 6) is 1.91. The van der Waals surface area contributed by atoms with Crippen LogP contribution in [-0.2, 0) is 4.79 Å². The van der Waals surface area contributed by atoms with E-state index >= 15 is 0 Å². The molecule has 1 aromatic rings. The summed E-state index contributed by atoms with van der Waals surface area (Å²) >= 11 is 6.11. The number of amides is 1. The van der Waals surface area contributed by atoms with E-state index in [0.717, 1.165) is 37.0 Å². The molecule has 0 aromatic heterocycles. The van der Waals surface area contributed by atoms with E-state index in [1.165, 1.54) is 6.42 Å². The molecule has 24 heavy (non-hydrogen) atoms. The van der Waals surface area contributed by atoms with Crippen molar-refractivity contribution in [2.45, 2.75) is 40.2 Å². The number of carbonyl (C=O) groups is 1. The van der Waals surface area contributed by atoms with Crippen molar-refractivity contribution in [3.8, 4) is 5.75 Å². The largest absolute Gasteiger partial charge is 0.479 e. The molecule has 134 valence electrons. The lowest BCUT2D eigenvalue weighted by atomic mass is 9.92. The predicted molar refractivity (Wildman–Crippen MR) is 98.7 cm³/mol. The fourth-order valence-corrected chi connectivity index (χ4v) is 3.56. The number of nitrogens with one attached hydrogen (secondary N) is 1. The van der Waals surface area contributed by atoms with E-state index in [1.54, 1.807) is 13.0 Å². The third-order valence-electron chi connectivity index (χ3n) is 4.43. The number of hydrogen-bond donors (Lipinski definition) is 1. The molecule has 0 spiro atoms. The van der Waals surface area contributed by atoms with Gasteiger partial charge in [0.1, 0.15) is 5.75 Å². The van der Waals surface area contributed by atoms with Crippen LogP contribution in [0, 0.1) is 18.8 Å². The molecule has 0 saturated carbocycles. The van der Waals surface area contributed by atoms with Gasteiger partial charge in [-0.1, -0.05) is 31.5 Å². The van der Waals surface area contributed by atoms with Crippen molar-refractivity contribution in [3.63, 3.8) is 0 Å². The Morgan fingerprint density at radius 1 is 1.38 bits per heavy atom. The maximum Gasteiger partial charge on any atom is 0.260 e. The zero-order valence-corrected chi connectivity index (χ0v) is 15.9. The number of nitrogens with zero attached hydrogens (tertiary/aromatic N) is 1. The number of halogens is 1. The van der Waals surface area contributed by atoms with Crippen LogP contribution in [0.5, 0.6) is 5.75 Å². The monoisotopic (exact) mass is 352 g/mol. The minimum Gasteiger partial charge on any atom is -0.479 e. The topological polar surface area (TPSA) is 41.6 Å². The fourth-order valence-electron chi connectivity index (χ4n) is 3.40. The summed E-state index contributed by atoms with van der Waals surface area (Å²) in [4.78, 5) is 14.6. The van der Waals surface area contributed by atoms with Crippen LogP contribution in [0.25, 0.3) is 0 Å². The summed E-state index contributed by atoms with van der Waals surface area (Å²) in [6, 6.07) is 5.55. The molecular weight excluding hydrogens is 324 g/mol. The van der Waals surface area contributed by atoms with Crippen LogP contribution in [0.1, 0.15) is 32.8 Å². The van der Waals surface area contributed by atoms with Gasteiger partial charge in [0.2, 0.25) is 0 Å². The molecular formula is C19H29ClN2O2. The molecule has 5 heteroatoms. The summed E-state index contributed by atoms with van der Waals surface area (Å²) in [5, 5.41) is 3.49. The van der Waals surface area contributed by atoms with Crippen LogP contribution in [0.2, 0.25) is 5.02 Å². The van der Waals surface area contributed by atoms with E-state index in [9.17, 15) is 4.79 Å². The molecule has 1 amide bonds. The van der Waals surface area contributed by atoms with Crippen molar-refractivity contribution in [2.24, 2.45) is 11.8 Å². The van der Waals surface area contributed by atoms with E-state index in [0.29, 0.717) is 17.3 Å². The van der Waals surface area contributed by atoms with E-state index in [1.807, 2.05) is 19.1 Å². The van der Waals surface area contributed by atoms with Gasteiger partial charge in [-0.25, -0.2) is 0 Å². The van der Waals surface area contributed by atoms with Crippen molar-refractivity contribution < 1.29 is 9.53 Å². The summed E-state index contributed by atoms with van der Waals surface area (Å²) in [6.07, 6.45) is 0.730. The molecule has 2 rings (SSSR count). The average Bonchev–Trinajstić information content (AvgIpc) is 2.49. The Morgan fingerprint density at radius 3 is 2.71 bits per heavy atom. The predicted octanol–water partition coefficient (Wildman–Crippen LogP) is 3.51. The fraction of sp³-hybridized carbons (Fsp3) is 0.632. The number of carbonyl (C=O) groups excluding carboxylic acids is 1. The zero-order chi connectivity index (χ0) is 17.7. The Balaban J connectivity index is 1.76. The first kappa shape index (κ1) is 19.1. The Kier molecular flexibility index (Phi) is 6.93. The minimum atomic E-state index is -0.566. The Morgan fingerprint density at radius 2 is 2.04 bits per heavy atom. The first-order valence-electron chi connectivity index (χ1n) is 8.78. The summed E-state index contributed by atoms with van der Waals surface area (Å²) in [5.41, 5.74) is 1.05. The van der Waals surface area contributed by atoms with Crippen LogP contribution in [0.4, 0.5) is 0 Å². The van der Waals surface area contributed by atoms with Gasteiger partial charge in [0.25, 0.3) is 5.91 Å². The Labute approximate surface area is 150 Å². The van der Waals surface area contributed by atoms with Gasteiger partial charge >= 0.3 is 0 Å². The van der Waals surface area contributed by atoms with Gasteiger partial charge in [-0.05, 0) is 49.8 Å². The maximum absolute atomic E-state index is 12.2. The molecule has 0 aliphatic carbocycles. The second-order valence-electron chi connectivity index (χ2n) is 7.19. The maximum atomic E-state index is 12.2. The molecule has 1 N–H and O–H groups in total. The number of ether oxygens (including phenoxy) is 1. The lowest BCUT2D eigenvalue weighted by molar-refractivity contribution is -0.127. The highest BCUT2D eigenvalue weighted by Gasteiger charge is 2.22. The molecule has 4 nitrogen and oxygen atoms in total. The number of piperidine rings is 1. The van der Waals surface area contributed by atoms with Crippen molar-refractivity contribution >= 4 is 17.5 Å². The second kappa shape index (κ2) is 8.72. The Bertz CT molecular complexity index is 554. The Hall–Kier alpha value is -1.26. The molecule has 0 bridgehead atoms. The van der Waals surface area contributed by atoms with E-state index in [2.05, 4.69) is 24.1 Å². The lowest BCUT2D eigenvalue weighted by Gasteiger charge is -2.35. The zero-order valence-electron chi connectivity index (χ0n) is 15.1.